The molecule has 4 aromatic rings. The zero-order valence-corrected chi connectivity index (χ0v) is 14.1. The Hall–Kier alpha value is -3.07. The Labute approximate surface area is 149 Å². The first-order valence-corrected chi connectivity index (χ1v) is 8.27. The van der Waals surface area contributed by atoms with Gasteiger partial charge in [0, 0.05) is 0 Å². The lowest BCUT2D eigenvalue weighted by Crippen LogP contribution is -1.91. The fourth-order valence-electron chi connectivity index (χ4n) is 3.07. The highest BCUT2D eigenvalue weighted by atomic mass is 19.2. The van der Waals surface area contributed by atoms with Crippen LogP contribution >= 0.6 is 0 Å². The minimum absolute atomic E-state index is 0.311. The largest absolute Gasteiger partial charge is 0.204 e. The molecule has 0 saturated carbocycles. The second-order valence-electron chi connectivity index (χ2n) is 6.40. The van der Waals surface area contributed by atoms with Gasteiger partial charge in [0.05, 0.1) is 0 Å². The van der Waals surface area contributed by atoms with Crippen molar-refractivity contribution in [3.05, 3.63) is 95.8 Å². The van der Waals surface area contributed by atoms with E-state index >= 15 is 0 Å². The Bertz CT molecular complexity index is 1090. The van der Waals surface area contributed by atoms with Crippen LogP contribution in [0.2, 0.25) is 0 Å². The number of halogens is 3. The van der Waals surface area contributed by atoms with Gasteiger partial charge in [0.2, 0.25) is 0 Å². The van der Waals surface area contributed by atoms with E-state index in [0.29, 0.717) is 11.1 Å². The molecular formula is C23H15F3. The Kier molecular flexibility index (Phi) is 4.00. The summed E-state index contributed by atoms with van der Waals surface area (Å²) in [6.45, 7) is 2.05. The second kappa shape index (κ2) is 6.34. The second-order valence-corrected chi connectivity index (χ2v) is 6.40. The molecule has 0 N–H and O–H groups in total. The molecule has 3 heteroatoms. The summed E-state index contributed by atoms with van der Waals surface area (Å²) in [6, 6.07) is 21.9. The molecule has 0 bridgehead atoms. The van der Waals surface area contributed by atoms with E-state index in [1.165, 1.54) is 5.56 Å². The molecule has 4 rings (SSSR count). The van der Waals surface area contributed by atoms with Crippen LogP contribution in [-0.2, 0) is 0 Å². The molecule has 26 heavy (non-hydrogen) atoms. The summed E-state index contributed by atoms with van der Waals surface area (Å²) in [5.74, 6) is -3.82. The van der Waals surface area contributed by atoms with Gasteiger partial charge in [-0.25, -0.2) is 13.2 Å². The van der Waals surface area contributed by atoms with Crippen molar-refractivity contribution in [1.29, 1.82) is 0 Å². The summed E-state index contributed by atoms with van der Waals surface area (Å²) >= 11 is 0. The molecule has 4 aromatic carbocycles. The predicted molar refractivity (Wildman–Crippen MR) is 99.4 cm³/mol. The van der Waals surface area contributed by atoms with Gasteiger partial charge in [-0.15, -0.1) is 0 Å². The maximum absolute atomic E-state index is 13.5. The minimum Gasteiger partial charge on any atom is -0.204 e. The summed E-state index contributed by atoms with van der Waals surface area (Å²) in [6.07, 6.45) is 0. The highest BCUT2D eigenvalue weighted by Gasteiger charge is 2.12. The molecule has 0 fully saturated rings. The van der Waals surface area contributed by atoms with Crippen molar-refractivity contribution in [2.24, 2.45) is 0 Å². The van der Waals surface area contributed by atoms with Crippen molar-refractivity contribution >= 4 is 10.8 Å². The fourth-order valence-corrected chi connectivity index (χ4v) is 3.07. The summed E-state index contributed by atoms with van der Waals surface area (Å²) in [5.41, 5.74) is 4.38. The van der Waals surface area contributed by atoms with Crippen LogP contribution in [0.5, 0.6) is 0 Å². The van der Waals surface area contributed by atoms with Crippen LogP contribution in [0.1, 0.15) is 5.56 Å². The average Bonchev–Trinajstić information content (AvgIpc) is 2.65. The molecule has 0 atom stereocenters. The molecule has 0 spiro atoms. The van der Waals surface area contributed by atoms with E-state index in [0.717, 1.165) is 34.0 Å². The van der Waals surface area contributed by atoms with E-state index in [4.69, 9.17) is 0 Å². The van der Waals surface area contributed by atoms with Gasteiger partial charge in [-0.1, -0.05) is 54.1 Å². The van der Waals surface area contributed by atoms with Crippen LogP contribution in [0.3, 0.4) is 0 Å². The first-order valence-electron chi connectivity index (χ1n) is 8.27. The molecule has 0 aromatic heterocycles. The van der Waals surface area contributed by atoms with Crippen LogP contribution in [0, 0.1) is 24.4 Å². The molecule has 0 unspecified atom stereocenters. The van der Waals surface area contributed by atoms with Crippen LogP contribution in [0.4, 0.5) is 13.2 Å². The van der Waals surface area contributed by atoms with Crippen LogP contribution in [0.25, 0.3) is 33.0 Å². The van der Waals surface area contributed by atoms with Crippen LogP contribution < -0.4 is 0 Å². The molecule has 0 heterocycles. The van der Waals surface area contributed by atoms with Gasteiger partial charge in [0.15, 0.2) is 17.5 Å². The zero-order chi connectivity index (χ0) is 18.3. The number of fused-ring (bicyclic) bond motifs is 1. The molecule has 0 aliphatic carbocycles. The minimum atomic E-state index is -1.45. The fraction of sp³-hybridized carbons (Fsp3) is 0.0435. The summed E-state index contributed by atoms with van der Waals surface area (Å²) in [5, 5.41) is 1.97. The van der Waals surface area contributed by atoms with E-state index < -0.39 is 17.5 Å². The van der Waals surface area contributed by atoms with Crippen molar-refractivity contribution < 1.29 is 13.2 Å². The third kappa shape index (κ3) is 2.97. The first-order chi connectivity index (χ1) is 12.5. The van der Waals surface area contributed by atoms with Gasteiger partial charge in [0.1, 0.15) is 0 Å². The zero-order valence-electron chi connectivity index (χ0n) is 14.1. The lowest BCUT2D eigenvalue weighted by molar-refractivity contribution is 0.448. The topological polar surface area (TPSA) is 0 Å². The van der Waals surface area contributed by atoms with Gasteiger partial charge in [-0.2, -0.15) is 0 Å². The van der Waals surface area contributed by atoms with Gasteiger partial charge >= 0.3 is 0 Å². The van der Waals surface area contributed by atoms with Gasteiger partial charge in [-0.05, 0) is 64.2 Å². The monoisotopic (exact) mass is 348 g/mol. The molecule has 0 nitrogen and oxygen atoms in total. The van der Waals surface area contributed by atoms with Crippen molar-refractivity contribution in [3.63, 3.8) is 0 Å². The standard InChI is InChI=1S/C23H15F3/c1-14-2-4-15(5-3-14)16-6-7-18-11-19(9-8-17(18)10-16)20-12-21(24)23(26)22(25)13-20/h2-13H,1H3. The van der Waals surface area contributed by atoms with E-state index in [1.54, 1.807) is 6.07 Å². The van der Waals surface area contributed by atoms with E-state index in [9.17, 15) is 13.2 Å². The molecule has 0 amide bonds. The molecule has 0 aliphatic heterocycles. The molecule has 128 valence electrons. The molecular weight excluding hydrogens is 333 g/mol. The van der Waals surface area contributed by atoms with Gasteiger partial charge < -0.3 is 0 Å². The third-order valence-corrected chi connectivity index (χ3v) is 4.54. The normalized spacial score (nSPS) is 11.1. The Balaban J connectivity index is 1.77. The van der Waals surface area contributed by atoms with Crippen LogP contribution in [-0.4, -0.2) is 0 Å². The SMILES string of the molecule is Cc1ccc(-c2ccc3cc(-c4cc(F)c(F)c(F)c4)ccc3c2)cc1. The maximum Gasteiger partial charge on any atom is 0.194 e. The van der Waals surface area contributed by atoms with Crippen LogP contribution in [0.15, 0.2) is 72.8 Å². The Morgan fingerprint density at radius 1 is 0.500 bits per heavy atom. The van der Waals surface area contributed by atoms with E-state index in [2.05, 4.69) is 30.3 Å². The maximum atomic E-state index is 13.5. The van der Waals surface area contributed by atoms with Gasteiger partial charge in [0.25, 0.3) is 0 Å². The van der Waals surface area contributed by atoms with Gasteiger partial charge in [-0.3, -0.25) is 0 Å². The summed E-state index contributed by atoms with van der Waals surface area (Å²) in [7, 11) is 0. The predicted octanol–water partition coefficient (Wildman–Crippen LogP) is 6.90. The van der Waals surface area contributed by atoms with Crippen molar-refractivity contribution in [3.8, 4) is 22.3 Å². The summed E-state index contributed by atoms with van der Waals surface area (Å²) < 4.78 is 40.1. The van der Waals surface area contributed by atoms with E-state index in [1.807, 2.05) is 31.2 Å². The average molecular weight is 348 g/mol. The quantitative estimate of drug-likeness (QED) is 0.346. The summed E-state index contributed by atoms with van der Waals surface area (Å²) in [4.78, 5) is 0. The lowest BCUT2D eigenvalue weighted by Gasteiger charge is -2.08. The molecule has 0 radical (unpaired) electrons. The number of rotatable bonds is 2. The lowest BCUT2D eigenvalue weighted by atomic mass is 9.97. The van der Waals surface area contributed by atoms with E-state index in [-0.39, 0.29) is 0 Å². The van der Waals surface area contributed by atoms with Crippen molar-refractivity contribution in [2.75, 3.05) is 0 Å². The third-order valence-electron chi connectivity index (χ3n) is 4.54. The number of aryl methyl sites for hydroxylation is 1. The smallest absolute Gasteiger partial charge is 0.194 e. The molecule has 0 aliphatic rings. The number of benzene rings is 4. The number of hydrogen-bond donors (Lipinski definition) is 0. The van der Waals surface area contributed by atoms with Crippen molar-refractivity contribution in [2.45, 2.75) is 6.92 Å². The Morgan fingerprint density at radius 2 is 0.962 bits per heavy atom. The highest BCUT2D eigenvalue weighted by Crippen LogP contribution is 2.30. The number of hydrogen-bond acceptors (Lipinski definition) is 0. The van der Waals surface area contributed by atoms with Crippen molar-refractivity contribution in [1.82, 2.24) is 0 Å². The Morgan fingerprint density at radius 3 is 1.50 bits per heavy atom. The highest BCUT2D eigenvalue weighted by molar-refractivity contribution is 5.90. The molecule has 0 saturated heterocycles. The first kappa shape index (κ1) is 16.4.